The lowest BCUT2D eigenvalue weighted by Crippen LogP contribution is -2.27. The maximum atomic E-state index is 6.33. The fourth-order valence-corrected chi connectivity index (χ4v) is 2.86. The predicted octanol–water partition coefficient (Wildman–Crippen LogP) is 4.38. The summed E-state index contributed by atoms with van der Waals surface area (Å²) >= 11 is 12.4. The van der Waals surface area contributed by atoms with Crippen LogP contribution in [0.2, 0.25) is 10.3 Å². The summed E-state index contributed by atoms with van der Waals surface area (Å²) in [5, 5.41) is 0.693. The molecule has 120 valence electrons. The van der Waals surface area contributed by atoms with Gasteiger partial charge in [-0.05, 0) is 13.0 Å². The Kier molecular flexibility index (Phi) is 5.06. The fourth-order valence-electron chi connectivity index (χ4n) is 2.55. The van der Waals surface area contributed by atoms with Crippen LogP contribution in [0.15, 0.2) is 48.8 Å². The highest BCUT2D eigenvalue weighted by Crippen LogP contribution is 2.32. The molecule has 6 heteroatoms. The number of allylic oxidation sites excluding steroid dienone is 2. The highest BCUT2D eigenvalue weighted by Gasteiger charge is 2.20. The van der Waals surface area contributed by atoms with Gasteiger partial charge in [0.25, 0.3) is 0 Å². The molecule has 1 aromatic heterocycles. The molecule has 0 aliphatic carbocycles. The first-order valence-electron chi connectivity index (χ1n) is 7.40. The van der Waals surface area contributed by atoms with Crippen molar-refractivity contribution in [2.45, 2.75) is 6.92 Å². The third kappa shape index (κ3) is 3.29. The molecular formula is C17H17Cl2N3O. The van der Waals surface area contributed by atoms with E-state index in [0.29, 0.717) is 23.6 Å². The van der Waals surface area contributed by atoms with Gasteiger partial charge in [-0.25, -0.2) is 4.98 Å². The second-order valence-electron chi connectivity index (χ2n) is 5.05. The van der Waals surface area contributed by atoms with Crippen LogP contribution in [-0.4, -0.2) is 34.3 Å². The summed E-state index contributed by atoms with van der Waals surface area (Å²) in [6.07, 6.45) is 5.60. The average Bonchev–Trinajstić information content (AvgIpc) is 2.88. The molecule has 1 aromatic carbocycles. The van der Waals surface area contributed by atoms with Gasteiger partial charge in [0.1, 0.15) is 13.1 Å². The van der Waals surface area contributed by atoms with Gasteiger partial charge in [0.2, 0.25) is 0 Å². The van der Waals surface area contributed by atoms with E-state index in [1.54, 1.807) is 10.9 Å². The summed E-state index contributed by atoms with van der Waals surface area (Å²) in [6, 6.07) is 10.2. The Bertz CT molecular complexity index is 738. The Morgan fingerprint density at radius 3 is 2.65 bits per heavy atom. The first-order chi connectivity index (χ1) is 11.2. The SMILES string of the molecule is CCN1COC/C=C\C(n2cnc(Cl)c2Cl)=C1c1ccccc1. The minimum atomic E-state index is 0.293. The van der Waals surface area contributed by atoms with Crippen LogP contribution < -0.4 is 0 Å². The summed E-state index contributed by atoms with van der Waals surface area (Å²) in [4.78, 5) is 6.27. The Labute approximate surface area is 145 Å². The summed E-state index contributed by atoms with van der Waals surface area (Å²) in [5.41, 5.74) is 3.03. The highest BCUT2D eigenvalue weighted by atomic mass is 35.5. The van der Waals surface area contributed by atoms with E-state index in [-0.39, 0.29) is 0 Å². The van der Waals surface area contributed by atoms with Crippen LogP contribution in [0.1, 0.15) is 12.5 Å². The van der Waals surface area contributed by atoms with Crippen LogP contribution in [0.4, 0.5) is 0 Å². The first-order valence-corrected chi connectivity index (χ1v) is 8.15. The largest absolute Gasteiger partial charge is 0.357 e. The summed E-state index contributed by atoms with van der Waals surface area (Å²) < 4.78 is 7.47. The van der Waals surface area contributed by atoms with Crippen molar-refractivity contribution in [3.05, 3.63) is 64.7 Å². The number of aromatic nitrogens is 2. The molecule has 3 rings (SSSR count). The van der Waals surface area contributed by atoms with E-state index in [2.05, 4.69) is 28.9 Å². The van der Waals surface area contributed by atoms with E-state index in [0.717, 1.165) is 23.5 Å². The minimum absolute atomic E-state index is 0.293. The maximum absolute atomic E-state index is 6.33. The van der Waals surface area contributed by atoms with Crippen LogP contribution in [-0.2, 0) is 4.74 Å². The van der Waals surface area contributed by atoms with Gasteiger partial charge in [-0.15, -0.1) is 0 Å². The lowest BCUT2D eigenvalue weighted by atomic mass is 10.1. The van der Waals surface area contributed by atoms with E-state index in [1.807, 2.05) is 30.4 Å². The Morgan fingerprint density at radius 1 is 1.22 bits per heavy atom. The lowest BCUT2D eigenvalue weighted by Gasteiger charge is -2.29. The van der Waals surface area contributed by atoms with Crippen LogP contribution >= 0.6 is 23.2 Å². The van der Waals surface area contributed by atoms with E-state index >= 15 is 0 Å². The molecule has 0 radical (unpaired) electrons. The maximum Gasteiger partial charge on any atom is 0.166 e. The monoisotopic (exact) mass is 349 g/mol. The minimum Gasteiger partial charge on any atom is -0.357 e. The predicted molar refractivity (Wildman–Crippen MR) is 94.1 cm³/mol. The fraction of sp³-hybridized carbons (Fsp3) is 0.235. The zero-order valence-electron chi connectivity index (χ0n) is 12.7. The van der Waals surface area contributed by atoms with Crippen molar-refractivity contribution >= 4 is 34.6 Å². The normalized spacial score (nSPS) is 17.1. The number of halogens is 2. The van der Waals surface area contributed by atoms with Crippen molar-refractivity contribution in [3.63, 3.8) is 0 Å². The number of ether oxygens (including phenoxy) is 1. The van der Waals surface area contributed by atoms with Gasteiger partial charge >= 0.3 is 0 Å². The topological polar surface area (TPSA) is 30.3 Å². The van der Waals surface area contributed by atoms with Crippen LogP contribution in [0, 0.1) is 0 Å². The number of imidazole rings is 1. The average molecular weight is 350 g/mol. The quantitative estimate of drug-likeness (QED) is 0.823. The smallest absolute Gasteiger partial charge is 0.166 e. The van der Waals surface area contributed by atoms with Crippen molar-refractivity contribution < 1.29 is 4.74 Å². The molecule has 0 atom stereocenters. The molecule has 0 amide bonds. The zero-order valence-corrected chi connectivity index (χ0v) is 14.3. The standard InChI is InChI=1S/C17H17Cl2N3O/c1-2-21-12-23-10-6-9-14(22-11-20-16(18)17(22)19)15(21)13-7-4-3-5-8-13/h3-9,11H,2,10,12H2,1H3/b9-6-,15-14?. The number of nitrogens with zero attached hydrogens (tertiary/aromatic N) is 3. The van der Waals surface area contributed by atoms with Gasteiger partial charge in [-0.2, -0.15) is 0 Å². The Morgan fingerprint density at radius 2 is 2.00 bits per heavy atom. The molecule has 0 saturated carbocycles. The van der Waals surface area contributed by atoms with Gasteiger partial charge in [0.05, 0.1) is 18.0 Å². The van der Waals surface area contributed by atoms with Crippen LogP contribution in [0.3, 0.4) is 0 Å². The molecule has 0 spiro atoms. The summed E-state index contributed by atoms with van der Waals surface area (Å²) in [6.45, 7) is 3.95. The molecule has 1 aliphatic heterocycles. The second-order valence-corrected chi connectivity index (χ2v) is 5.77. The zero-order chi connectivity index (χ0) is 16.2. The van der Waals surface area contributed by atoms with Gasteiger partial charge in [-0.1, -0.05) is 59.6 Å². The Hall–Kier alpha value is -1.75. The molecule has 2 aromatic rings. The van der Waals surface area contributed by atoms with E-state index < -0.39 is 0 Å². The molecule has 0 unspecified atom stereocenters. The van der Waals surface area contributed by atoms with Crippen molar-refractivity contribution in [2.75, 3.05) is 19.9 Å². The summed E-state index contributed by atoms with van der Waals surface area (Å²) in [7, 11) is 0. The van der Waals surface area contributed by atoms with Gasteiger partial charge in [0, 0.05) is 12.1 Å². The molecule has 4 nitrogen and oxygen atoms in total. The number of benzene rings is 1. The van der Waals surface area contributed by atoms with E-state index in [9.17, 15) is 0 Å². The van der Waals surface area contributed by atoms with Crippen molar-refractivity contribution in [1.82, 2.24) is 14.5 Å². The number of hydrogen-bond donors (Lipinski definition) is 0. The van der Waals surface area contributed by atoms with Crippen molar-refractivity contribution in [2.24, 2.45) is 0 Å². The molecule has 0 saturated heterocycles. The molecule has 0 fully saturated rings. The third-order valence-corrected chi connectivity index (χ3v) is 4.39. The first kappa shape index (κ1) is 16.1. The number of hydrogen-bond acceptors (Lipinski definition) is 3. The molecule has 2 heterocycles. The molecule has 23 heavy (non-hydrogen) atoms. The molecule has 0 bridgehead atoms. The lowest BCUT2D eigenvalue weighted by molar-refractivity contribution is 0.0805. The molecular weight excluding hydrogens is 333 g/mol. The van der Waals surface area contributed by atoms with Gasteiger partial charge in [0.15, 0.2) is 10.3 Å². The highest BCUT2D eigenvalue weighted by molar-refractivity contribution is 6.40. The van der Waals surface area contributed by atoms with Gasteiger partial charge < -0.3 is 9.64 Å². The second kappa shape index (κ2) is 7.21. The van der Waals surface area contributed by atoms with E-state index in [1.165, 1.54) is 0 Å². The van der Waals surface area contributed by atoms with Crippen LogP contribution in [0.5, 0.6) is 0 Å². The van der Waals surface area contributed by atoms with Crippen molar-refractivity contribution in [3.8, 4) is 0 Å². The van der Waals surface area contributed by atoms with E-state index in [4.69, 9.17) is 27.9 Å². The third-order valence-electron chi connectivity index (χ3n) is 3.65. The van der Waals surface area contributed by atoms with Crippen molar-refractivity contribution in [1.29, 1.82) is 0 Å². The summed E-state index contributed by atoms with van der Waals surface area (Å²) in [5.74, 6) is 0. The molecule has 0 N–H and O–H groups in total. The van der Waals surface area contributed by atoms with Gasteiger partial charge in [-0.3, -0.25) is 4.57 Å². The van der Waals surface area contributed by atoms with Crippen LogP contribution in [0.25, 0.3) is 11.4 Å². The molecule has 1 aliphatic rings. The Balaban J connectivity index is 2.26. The number of rotatable bonds is 3.